The van der Waals surface area contributed by atoms with E-state index in [0.29, 0.717) is 6.54 Å². The summed E-state index contributed by atoms with van der Waals surface area (Å²) in [4.78, 5) is 10.3. The van der Waals surface area contributed by atoms with Crippen molar-refractivity contribution in [3.8, 4) is 0 Å². The Labute approximate surface area is 59.9 Å². The van der Waals surface area contributed by atoms with Gasteiger partial charge in [0.05, 0.1) is 12.6 Å². The molecule has 0 N–H and O–H groups in total. The second-order valence-corrected chi connectivity index (χ2v) is 2.75. The second kappa shape index (κ2) is 2.86. The summed E-state index contributed by atoms with van der Waals surface area (Å²) in [6, 6.07) is 0.128. The molecule has 10 heavy (non-hydrogen) atoms. The van der Waals surface area contributed by atoms with Crippen molar-refractivity contribution in [3.05, 3.63) is 10.1 Å². The van der Waals surface area contributed by atoms with Crippen molar-refractivity contribution < 1.29 is 5.03 Å². The molecule has 0 amide bonds. The van der Waals surface area contributed by atoms with Crippen LogP contribution in [-0.4, -0.2) is 22.6 Å². The van der Waals surface area contributed by atoms with Crippen LogP contribution in [0.1, 0.15) is 26.2 Å². The molecule has 4 heteroatoms. The van der Waals surface area contributed by atoms with E-state index in [1.165, 1.54) is 5.01 Å². The molecule has 58 valence electrons. The van der Waals surface area contributed by atoms with Gasteiger partial charge in [-0.3, -0.25) is 0 Å². The van der Waals surface area contributed by atoms with Gasteiger partial charge in [0.2, 0.25) is 0 Å². The third kappa shape index (κ3) is 1.37. The summed E-state index contributed by atoms with van der Waals surface area (Å²) in [5.41, 5.74) is 0. The van der Waals surface area contributed by atoms with Crippen LogP contribution in [0.25, 0.3) is 0 Å². The second-order valence-electron chi connectivity index (χ2n) is 2.75. The third-order valence-corrected chi connectivity index (χ3v) is 1.98. The quantitative estimate of drug-likeness (QED) is 0.408. The highest BCUT2D eigenvalue weighted by Crippen LogP contribution is 2.15. The zero-order valence-corrected chi connectivity index (χ0v) is 6.12. The van der Waals surface area contributed by atoms with Gasteiger partial charge in [0.15, 0.2) is 5.03 Å². The molecule has 0 aromatic rings. The van der Waals surface area contributed by atoms with Crippen molar-refractivity contribution in [2.45, 2.75) is 32.2 Å². The van der Waals surface area contributed by atoms with Gasteiger partial charge in [-0.05, 0) is 26.2 Å². The molecular weight excluding hydrogens is 132 g/mol. The predicted molar refractivity (Wildman–Crippen MR) is 37.0 cm³/mol. The van der Waals surface area contributed by atoms with Crippen molar-refractivity contribution in [2.24, 2.45) is 0 Å². The van der Waals surface area contributed by atoms with E-state index in [1.54, 1.807) is 0 Å². The molecule has 0 radical (unpaired) electrons. The number of nitro groups is 1. The first-order valence-corrected chi connectivity index (χ1v) is 3.63. The summed E-state index contributed by atoms with van der Waals surface area (Å²) in [6.07, 6.45) is 3.05. The molecule has 0 aliphatic carbocycles. The van der Waals surface area contributed by atoms with Crippen LogP contribution in [0.15, 0.2) is 0 Å². The Kier molecular flexibility index (Phi) is 2.09. The van der Waals surface area contributed by atoms with Gasteiger partial charge in [-0.25, -0.2) is 10.1 Å². The molecule has 1 atom stereocenters. The van der Waals surface area contributed by atoms with Crippen LogP contribution in [0.4, 0.5) is 0 Å². The van der Waals surface area contributed by atoms with E-state index in [9.17, 15) is 10.1 Å². The minimum atomic E-state index is -0.288. The van der Waals surface area contributed by atoms with Gasteiger partial charge < -0.3 is 0 Å². The highest BCUT2D eigenvalue weighted by Gasteiger charge is 2.24. The SMILES string of the molecule is CC1CCCCN1[N+](=O)[O-]. The van der Waals surface area contributed by atoms with E-state index >= 15 is 0 Å². The van der Waals surface area contributed by atoms with Crippen molar-refractivity contribution >= 4 is 0 Å². The smallest absolute Gasteiger partial charge is 0.160 e. The summed E-state index contributed by atoms with van der Waals surface area (Å²) in [7, 11) is 0. The minimum absolute atomic E-state index is 0.128. The fourth-order valence-electron chi connectivity index (χ4n) is 1.33. The maximum Gasteiger partial charge on any atom is 0.160 e. The zero-order chi connectivity index (χ0) is 7.56. The van der Waals surface area contributed by atoms with Gasteiger partial charge in [-0.15, -0.1) is 5.01 Å². The van der Waals surface area contributed by atoms with Crippen molar-refractivity contribution in [1.82, 2.24) is 5.01 Å². The highest BCUT2D eigenvalue weighted by molar-refractivity contribution is 4.65. The standard InChI is InChI=1S/C6H12N2O2/c1-6-4-2-3-5-7(6)8(9)10/h6H,2-5H2,1H3. The van der Waals surface area contributed by atoms with Crippen LogP contribution in [0, 0.1) is 10.1 Å². The number of hydrazine groups is 1. The number of nitrogens with zero attached hydrogens (tertiary/aromatic N) is 2. The van der Waals surface area contributed by atoms with Crippen LogP contribution in [0.2, 0.25) is 0 Å². The average Bonchev–Trinajstić information content (AvgIpc) is 1.88. The van der Waals surface area contributed by atoms with Crippen LogP contribution < -0.4 is 0 Å². The topological polar surface area (TPSA) is 46.4 Å². The predicted octanol–water partition coefficient (Wildman–Crippen LogP) is 1.05. The molecule has 1 aliphatic rings. The first-order valence-electron chi connectivity index (χ1n) is 3.63. The Morgan fingerprint density at radius 2 is 2.30 bits per heavy atom. The van der Waals surface area contributed by atoms with Gasteiger partial charge >= 0.3 is 0 Å². The number of hydrogen-bond donors (Lipinski definition) is 0. The molecule has 0 saturated carbocycles. The lowest BCUT2D eigenvalue weighted by Crippen LogP contribution is -2.41. The van der Waals surface area contributed by atoms with Crippen molar-refractivity contribution in [2.75, 3.05) is 6.54 Å². The molecule has 0 aromatic heterocycles. The number of hydrogen-bond acceptors (Lipinski definition) is 2. The van der Waals surface area contributed by atoms with Crippen molar-refractivity contribution in [3.63, 3.8) is 0 Å². The molecule has 1 aliphatic heterocycles. The van der Waals surface area contributed by atoms with E-state index in [4.69, 9.17) is 0 Å². The maximum absolute atomic E-state index is 10.3. The molecule has 1 heterocycles. The van der Waals surface area contributed by atoms with Crippen LogP contribution in [-0.2, 0) is 0 Å². The van der Waals surface area contributed by atoms with Gasteiger partial charge in [0.1, 0.15) is 0 Å². The summed E-state index contributed by atoms with van der Waals surface area (Å²) in [6.45, 7) is 2.52. The van der Waals surface area contributed by atoms with Gasteiger partial charge in [-0.1, -0.05) is 0 Å². The average molecular weight is 144 g/mol. The Bertz CT molecular complexity index is 138. The first-order chi connectivity index (χ1) is 4.72. The lowest BCUT2D eigenvalue weighted by Gasteiger charge is -2.25. The fraction of sp³-hybridized carbons (Fsp3) is 1.00. The summed E-state index contributed by atoms with van der Waals surface area (Å²) in [5, 5.41) is 11.3. The third-order valence-electron chi connectivity index (χ3n) is 1.98. The lowest BCUT2D eigenvalue weighted by atomic mass is 10.1. The molecule has 0 aromatic carbocycles. The van der Waals surface area contributed by atoms with Crippen LogP contribution in [0.3, 0.4) is 0 Å². The Morgan fingerprint density at radius 1 is 1.60 bits per heavy atom. The lowest BCUT2D eigenvalue weighted by molar-refractivity contribution is -0.666. The Morgan fingerprint density at radius 3 is 2.70 bits per heavy atom. The molecule has 0 spiro atoms. The molecule has 4 nitrogen and oxygen atoms in total. The maximum atomic E-state index is 10.3. The fourth-order valence-corrected chi connectivity index (χ4v) is 1.33. The minimum Gasteiger partial charge on any atom is -0.235 e. The van der Waals surface area contributed by atoms with E-state index in [-0.39, 0.29) is 11.1 Å². The highest BCUT2D eigenvalue weighted by atomic mass is 16.7. The van der Waals surface area contributed by atoms with Crippen LogP contribution >= 0.6 is 0 Å². The molecule has 1 unspecified atom stereocenters. The van der Waals surface area contributed by atoms with Gasteiger partial charge in [0, 0.05) is 0 Å². The molecule has 1 fully saturated rings. The van der Waals surface area contributed by atoms with Gasteiger partial charge in [-0.2, -0.15) is 0 Å². The molecule has 0 bridgehead atoms. The number of piperidine rings is 1. The zero-order valence-electron chi connectivity index (χ0n) is 6.12. The van der Waals surface area contributed by atoms with E-state index in [1.807, 2.05) is 6.92 Å². The van der Waals surface area contributed by atoms with Crippen molar-refractivity contribution in [1.29, 1.82) is 0 Å². The van der Waals surface area contributed by atoms with E-state index in [2.05, 4.69) is 0 Å². The normalized spacial score (nSPS) is 26.5. The first kappa shape index (κ1) is 7.31. The summed E-state index contributed by atoms with van der Waals surface area (Å²) >= 11 is 0. The largest absolute Gasteiger partial charge is 0.235 e. The molecule has 1 saturated heterocycles. The summed E-state index contributed by atoms with van der Waals surface area (Å²) in [5.74, 6) is 0. The molecular formula is C6H12N2O2. The monoisotopic (exact) mass is 144 g/mol. The Hall–Kier alpha value is -0.800. The Balaban J connectivity index is 2.47. The van der Waals surface area contributed by atoms with Gasteiger partial charge in [0.25, 0.3) is 0 Å². The van der Waals surface area contributed by atoms with E-state index in [0.717, 1.165) is 19.3 Å². The summed E-state index contributed by atoms with van der Waals surface area (Å²) < 4.78 is 0. The number of rotatable bonds is 1. The van der Waals surface area contributed by atoms with E-state index < -0.39 is 0 Å². The molecule has 1 rings (SSSR count). The van der Waals surface area contributed by atoms with Crippen LogP contribution in [0.5, 0.6) is 0 Å².